The van der Waals surface area contributed by atoms with Gasteiger partial charge in [-0.25, -0.2) is 0 Å². The number of para-hydroxylation sites is 1. The second-order valence-corrected chi connectivity index (χ2v) is 5.71. The summed E-state index contributed by atoms with van der Waals surface area (Å²) < 4.78 is 0. The van der Waals surface area contributed by atoms with Crippen LogP contribution < -0.4 is 5.32 Å². The summed E-state index contributed by atoms with van der Waals surface area (Å²) in [7, 11) is 0. The second-order valence-electron chi connectivity index (χ2n) is 5.31. The maximum absolute atomic E-state index is 12.4. The van der Waals surface area contributed by atoms with E-state index in [1.165, 1.54) is 0 Å². The predicted octanol–water partition coefficient (Wildman–Crippen LogP) is 2.80. The Labute approximate surface area is 121 Å². The third-order valence-electron chi connectivity index (χ3n) is 4.18. The first-order valence-electron chi connectivity index (χ1n) is 6.54. The van der Waals surface area contributed by atoms with Crippen LogP contribution >= 0.6 is 11.6 Å². The lowest BCUT2D eigenvalue weighted by molar-refractivity contribution is -0.146. The van der Waals surface area contributed by atoms with Gasteiger partial charge in [0.05, 0.1) is 22.5 Å². The molecular weight excluding hydrogens is 278 g/mol. The summed E-state index contributed by atoms with van der Waals surface area (Å²) in [5.74, 6) is -2.32. The molecule has 5 heteroatoms. The van der Waals surface area contributed by atoms with Crippen molar-refractivity contribution in [2.45, 2.75) is 6.42 Å². The van der Waals surface area contributed by atoms with Gasteiger partial charge in [0, 0.05) is 0 Å². The van der Waals surface area contributed by atoms with E-state index in [4.69, 9.17) is 11.6 Å². The molecule has 1 aromatic rings. The zero-order valence-electron chi connectivity index (χ0n) is 10.6. The summed E-state index contributed by atoms with van der Waals surface area (Å²) in [6.45, 7) is 0. The van der Waals surface area contributed by atoms with Crippen LogP contribution in [0.25, 0.3) is 0 Å². The fourth-order valence-electron chi connectivity index (χ4n) is 3.29. The molecule has 0 heterocycles. The number of hydrogen-bond acceptors (Lipinski definition) is 2. The number of fused-ring (bicyclic) bond motifs is 2. The maximum atomic E-state index is 12.4. The van der Waals surface area contributed by atoms with Gasteiger partial charge in [0.25, 0.3) is 0 Å². The highest BCUT2D eigenvalue weighted by atomic mass is 35.5. The molecule has 2 aliphatic rings. The van der Waals surface area contributed by atoms with Gasteiger partial charge >= 0.3 is 5.97 Å². The van der Waals surface area contributed by atoms with Gasteiger partial charge in [-0.3, -0.25) is 9.59 Å². The molecule has 4 nitrogen and oxygen atoms in total. The van der Waals surface area contributed by atoms with Gasteiger partial charge in [-0.2, -0.15) is 0 Å². The number of halogens is 1. The maximum Gasteiger partial charge on any atom is 0.307 e. The minimum absolute atomic E-state index is 0.0172. The summed E-state index contributed by atoms with van der Waals surface area (Å²) in [6, 6.07) is 6.95. The number of rotatable bonds is 3. The van der Waals surface area contributed by atoms with Crippen LogP contribution in [0.3, 0.4) is 0 Å². The van der Waals surface area contributed by atoms with Gasteiger partial charge in [0.1, 0.15) is 0 Å². The molecule has 3 rings (SSSR count). The highest BCUT2D eigenvalue weighted by Crippen LogP contribution is 2.48. The fraction of sp³-hybridized carbons (Fsp3) is 0.333. The Morgan fingerprint density at radius 1 is 1.15 bits per heavy atom. The first kappa shape index (κ1) is 13.2. The number of carboxylic acids is 1. The van der Waals surface area contributed by atoms with Crippen molar-refractivity contribution in [3.63, 3.8) is 0 Å². The Morgan fingerprint density at radius 2 is 1.80 bits per heavy atom. The Hall–Kier alpha value is -1.81. The molecule has 0 aromatic heterocycles. The van der Waals surface area contributed by atoms with Crippen LogP contribution in [0.5, 0.6) is 0 Å². The van der Waals surface area contributed by atoms with Gasteiger partial charge in [-0.05, 0) is 30.4 Å². The molecule has 0 spiro atoms. The van der Waals surface area contributed by atoms with Crippen molar-refractivity contribution in [1.82, 2.24) is 0 Å². The molecule has 2 N–H and O–H groups in total. The van der Waals surface area contributed by atoms with E-state index in [0.717, 1.165) is 6.42 Å². The number of nitrogens with one attached hydrogen (secondary N) is 1. The summed E-state index contributed by atoms with van der Waals surface area (Å²) in [5, 5.41) is 12.5. The minimum atomic E-state index is -0.902. The van der Waals surface area contributed by atoms with Crippen LogP contribution in [-0.4, -0.2) is 17.0 Å². The van der Waals surface area contributed by atoms with Crippen molar-refractivity contribution < 1.29 is 14.7 Å². The second kappa shape index (κ2) is 4.94. The summed E-state index contributed by atoms with van der Waals surface area (Å²) in [5.41, 5.74) is 0.523. The van der Waals surface area contributed by atoms with Crippen LogP contribution in [0.1, 0.15) is 6.42 Å². The molecule has 104 valence electrons. The number of carbonyl (C=O) groups excluding carboxylic acids is 1. The number of aliphatic carboxylic acids is 1. The third kappa shape index (κ3) is 2.10. The molecular formula is C15H14ClNO3. The highest BCUT2D eigenvalue weighted by molar-refractivity contribution is 6.33. The number of anilines is 1. The van der Waals surface area contributed by atoms with Crippen molar-refractivity contribution in [2.24, 2.45) is 23.7 Å². The Morgan fingerprint density at radius 3 is 2.45 bits per heavy atom. The normalized spacial score (nSPS) is 30.4. The van der Waals surface area contributed by atoms with E-state index in [0.29, 0.717) is 10.7 Å². The molecule has 1 amide bonds. The lowest BCUT2D eigenvalue weighted by Gasteiger charge is -2.24. The smallest absolute Gasteiger partial charge is 0.307 e. The Bertz CT molecular complexity index is 599. The first-order valence-corrected chi connectivity index (χ1v) is 6.92. The fourth-order valence-corrected chi connectivity index (χ4v) is 3.48. The van der Waals surface area contributed by atoms with Crippen molar-refractivity contribution >= 4 is 29.2 Å². The highest BCUT2D eigenvalue weighted by Gasteiger charge is 2.51. The van der Waals surface area contributed by atoms with E-state index in [9.17, 15) is 14.7 Å². The number of carbonyl (C=O) groups is 2. The van der Waals surface area contributed by atoms with Crippen LogP contribution in [0.2, 0.25) is 5.02 Å². The number of allylic oxidation sites excluding steroid dienone is 2. The zero-order chi connectivity index (χ0) is 14.3. The van der Waals surface area contributed by atoms with Crippen molar-refractivity contribution in [3.8, 4) is 0 Å². The van der Waals surface area contributed by atoms with Gasteiger partial charge in [-0.1, -0.05) is 35.9 Å². The van der Waals surface area contributed by atoms with Gasteiger partial charge in [0.2, 0.25) is 5.91 Å². The van der Waals surface area contributed by atoms with E-state index in [1.54, 1.807) is 24.3 Å². The molecule has 4 atom stereocenters. The Balaban J connectivity index is 1.82. The largest absolute Gasteiger partial charge is 0.481 e. The summed E-state index contributed by atoms with van der Waals surface area (Å²) in [4.78, 5) is 23.8. The summed E-state index contributed by atoms with van der Waals surface area (Å²) in [6.07, 6.45) is 4.63. The molecule has 1 aromatic carbocycles. The molecule has 1 fully saturated rings. The number of hydrogen-bond donors (Lipinski definition) is 2. The standard InChI is InChI=1S/C15H14ClNO3/c16-10-3-1-2-4-11(10)17-14(18)12-8-5-6-9(7-8)13(12)15(19)20/h1-6,8-9,12-13H,7H2,(H,17,18)(H,19,20). The van der Waals surface area contributed by atoms with Crippen LogP contribution in [0.15, 0.2) is 36.4 Å². The number of benzene rings is 1. The molecule has 20 heavy (non-hydrogen) atoms. The molecule has 4 unspecified atom stereocenters. The molecule has 0 saturated heterocycles. The topological polar surface area (TPSA) is 66.4 Å². The first-order chi connectivity index (χ1) is 9.58. The average Bonchev–Trinajstić information content (AvgIpc) is 3.01. The van der Waals surface area contributed by atoms with E-state index in [1.807, 2.05) is 12.2 Å². The number of amides is 1. The van der Waals surface area contributed by atoms with Crippen molar-refractivity contribution in [2.75, 3.05) is 5.32 Å². The quantitative estimate of drug-likeness (QED) is 0.842. The van der Waals surface area contributed by atoms with Gasteiger partial charge in [-0.15, -0.1) is 0 Å². The Kier molecular flexibility index (Phi) is 3.26. The number of carboxylic acid groups (broad SMARTS) is 1. The van der Waals surface area contributed by atoms with E-state index in [-0.39, 0.29) is 17.7 Å². The third-order valence-corrected chi connectivity index (χ3v) is 4.51. The van der Waals surface area contributed by atoms with E-state index >= 15 is 0 Å². The van der Waals surface area contributed by atoms with Crippen LogP contribution in [0.4, 0.5) is 5.69 Å². The average molecular weight is 292 g/mol. The summed E-state index contributed by atoms with van der Waals surface area (Å²) >= 11 is 6.01. The van der Waals surface area contributed by atoms with Crippen LogP contribution in [-0.2, 0) is 9.59 Å². The molecule has 0 radical (unpaired) electrons. The van der Waals surface area contributed by atoms with E-state index in [2.05, 4.69) is 5.32 Å². The van der Waals surface area contributed by atoms with Crippen molar-refractivity contribution in [1.29, 1.82) is 0 Å². The van der Waals surface area contributed by atoms with Gasteiger partial charge in [0.15, 0.2) is 0 Å². The molecule has 0 aliphatic heterocycles. The molecule has 2 bridgehead atoms. The molecule has 2 aliphatic carbocycles. The monoisotopic (exact) mass is 291 g/mol. The lowest BCUT2D eigenvalue weighted by atomic mass is 9.82. The lowest BCUT2D eigenvalue weighted by Crippen LogP contribution is -2.36. The minimum Gasteiger partial charge on any atom is -0.481 e. The van der Waals surface area contributed by atoms with Crippen molar-refractivity contribution in [3.05, 3.63) is 41.4 Å². The van der Waals surface area contributed by atoms with Gasteiger partial charge < -0.3 is 10.4 Å². The SMILES string of the molecule is O=C(O)C1C2C=CC(C2)C1C(=O)Nc1ccccc1Cl. The van der Waals surface area contributed by atoms with E-state index < -0.39 is 17.8 Å². The molecule has 1 saturated carbocycles. The zero-order valence-corrected chi connectivity index (χ0v) is 11.4. The van der Waals surface area contributed by atoms with Crippen LogP contribution in [0, 0.1) is 23.7 Å². The predicted molar refractivity (Wildman–Crippen MR) is 75.4 cm³/mol.